The molecule has 1 aromatic rings. The van der Waals surface area contributed by atoms with Gasteiger partial charge in [-0.3, -0.25) is 4.79 Å². The van der Waals surface area contributed by atoms with Crippen molar-refractivity contribution in [2.24, 2.45) is 5.92 Å². The van der Waals surface area contributed by atoms with E-state index in [2.05, 4.69) is 39.1 Å². The van der Waals surface area contributed by atoms with Gasteiger partial charge in [-0.05, 0) is 36.0 Å². The molecule has 1 amide bonds. The van der Waals surface area contributed by atoms with E-state index in [4.69, 9.17) is 0 Å². The summed E-state index contributed by atoms with van der Waals surface area (Å²) in [6.45, 7) is 8.46. The summed E-state index contributed by atoms with van der Waals surface area (Å²) in [7, 11) is 0. The summed E-state index contributed by atoms with van der Waals surface area (Å²) >= 11 is 0. The highest BCUT2D eigenvalue weighted by Gasteiger charge is 2.10. The van der Waals surface area contributed by atoms with E-state index in [1.165, 1.54) is 11.1 Å². The lowest BCUT2D eigenvalue weighted by Crippen LogP contribution is -2.15. The van der Waals surface area contributed by atoms with Crippen LogP contribution in [0.4, 0.5) is 5.69 Å². The van der Waals surface area contributed by atoms with Gasteiger partial charge in [0, 0.05) is 12.1 Å². The molecule has 0 radical (unpaired) electrons. The van der Waals surface area contributed by atoms with Crippen LogP contribution in [-0.4, -0.2) is 5.91 Å². The van der Waals surface area contributed by atoms with Crippen molar-refractivity contribution in [3.63, 3.8) is 0 Å². The molecule has 1 N–H and O–H groups in total. The van der Waals surface area contributed by atoms with Crippen LogP contribution in [0.5, 0.6) is 0 Å². The summed E-state index contributed by atoms with van der Waals surface area (Å²) in [6, 6.07) is 6.21. The maximum atomic E-state index is 11.8. The van der Waals surface area contributed by atoms with Gasteiger partial charge in [-0.15, -0.1) is 0 Å². The van der Waals surface area contributed by atoms with Gasteiger partial charge in [-0.25, -0.2) is 0 Å². The molecular formula is C16H25NO. The van der Waals surface area contributed by atoms with E-state index in [9.17, 15) is 4.79 Å². The van der Waals surface area contributed by atoms with Crippen molar-refractivity contribution in [3.05, 3.63) is 29.3 Å². The second kappa shape index (κ2) is 7.20. The van der Waals surface area contributed by atoms with Crippen LogP contribution < -0.4 is 5.32 Å². The Kier molecular flexibility index (Phi) is 5.90. The van der Waals surface area contributed by atoms with E-state index < -0.39 is 0 Å². The first-order valence-corrected chi connectivity index (χ1v) is 6.99. The van der Waals surface area contributed by atoms with Gasteiger partial charge >= 0.3 is 0 Å². The number of hydrogen-bond acceptors (Lipinski definition) is 1. The highest BCUT2D eigenvalue weighted by molar-refractivity contribution is 5.91. The first-order chi connectivity index (χ1) is 8.58. The van der Waals surface area contributed by atoms with Crippen LogP contribution >= 0.6 is 0 Å². The normalized spacial score (nSPS) is 10.7. The molecule has 100 valence electrons. The third-order valence-corrected chi connectivity index (χ3v) is 3.01. The van der Waals surface area contributed by atoms with Gasteiger partial charge in [0.1, 0.15) is 0 Å². The molecule has 0 fully saturated rings. The van der Waals surface area contributed by atoms with Crippen molar-refractivity contribution in [3.8, 4) is 0 Å². The molecule has 0 aromatic heterocycles. The van der Waals surface area contributed by atoms with Crippen LogP contribution in [0.2, 0.25) is 0 Å². The maximum Gasteiger partial charge on any atom is 0.224 e. The Bertz CT molecular complexity index is 396. The van der Waals surface area contributed by atoms with Crippen LogP contribution in [0.25, 0.3) is 0 Å². The van der Waals surface area contributed by atoms with Crippen molar-refractivity contribution in [1.82, 2.24) is 0 Å². The third kappa shape index (κ3) is 4.17. The molecule has 0 spiro atoms. The number of amides is 1. The molecule has 0 aliphatic heterocycles. The molecule has 2 heteroatoms. The summed E-state index contributed by atoms with van der Waals surface area (Å²) in [5, 5.41) is 3.05. The van der Waals surface area contributed by atoms with E-state index >= 15 is 0 Å². The van der Waals surface area contributed by atoms with E-state index in [0.29, 0.717) is 12.3 Å². The number of carbonyl (C=O) groups is 1. The van der Waals surface area contributed by atoms with Crippen molar-refractivity contribution in [1.29, 1.82) is 0 Å². The van der Waals surface area contributed by atoms with Crippen molar-refractivity contribution in [2.45, 2.75) is 53.4 Å². The Morgan fingerprint density at radius 1 is 1.28 bits per heavy atom. The molecule has 0 bridgehead atoms. The average Bonchev–Trinajstić information content (AvgIpc) is 2.28. The number of anilines is 1. The molecular weight excluding hydrogens is 222 g/mol. The van der Waals surface area contributed by atoms with E-state index in [0.717, 1.165) is 24.9 Å². The molecule has 0 atom stereocenters. The zero-order valence-corrected chi connectivity index (χ0v) is 12.0. The highest BCUT2D eigenvalue weighted by atomic mass is 16.1. The van der Waals surface area contributed by atoms with Crippen LogP contribution in [0, 0.1) is 5.92 Å². The summed E-state index contributed by atoms with van der Waals surface area (Å²) < 4.78 is 0. The first kappa shape index (κ1) is 14.7. The summed E-state index contributed by atoms with van der Waals surface area (Å²) in [5.74, 6) is 0.516. The Morgan fingerprint density at radius 3 is 2.56 bits per heavy atom. The molecule has 0 heterocycles. The second-order valence-electron chi connectivity index (χ2n) is 5.19. The number of hydrogen-bond donors (Lipinski definition) is 1. The fourth-order valence-electron chi connectivity index (χ4n) is 2.24. The number of benzene rings is 1. The predicted octanol–water partition coefficient (Wildman–Crippen LogP) is 4.19. The van der Waals surface area contributed by atoms with Gasteiger partial charge in [0.25, 0.3) is 0 Å². The Labute approximate surface area is 111 Å². The first-order valence-electron chi connectivity index (χ1n) is 6.99. The number of nitrogens with one attached hydrogen (secondary N) is 1. The molecule has 0 aliphatic carbocycles. The van der Waals surface area contributed by atoms with Gasteiger partial charge in [0.2, 0.25) is 5.91 Å². The molecule has 1 rings (SSSR count). The molecule has 0 saturated heterocycles. The molecule has 0 aliphatic rings. The maximum absolute atomic E-state index is 11.8. The number of aryl methyl sites for hydroxylation is 1. The van der Waals surface area contributed by atoms with Crippen LogP contribution in [-0.2, 0) is 17.6 Å². The fraction of sp³-hybridized carbons (Fsp3) is 0.562. The second-order valence-corrected chi connectivity index (χ2v) is 5.19. The van der Waals surface area contributed by atoms with Gasteiger partial charge < -0.3 is 5.32 Å². The van der Waals surface area contributed by atoms with Gasteiger partial charge in [0.05, 0.1) is 0 Å². The molecule has 18 heavy (non-hydrogen) atoms. The number of carbonyl (C=O) groups excluding carboxylic acids is 1. The fourth-order valence-corrected chi connectivity index (χ4v) is 2.24. The largest absolute Gasteiger partial charge is 0.326 e. The number of rotatable bonds is 6. The van der Waals surface area contributed by atoms with Crippen LogP contribution in [0.15, 0.2) is 18.2 Å². The highest BCUT2D eigenvalue weighted by Crippen LogP contribution is 2.22. The Balaban J connectivity index is 2.87. The molecule has 1 aromatic carbocycles. The zero-order valence-electron chi connectivity index (χ0n) is 12.0. The van der Waals surface area contributed by atoms with E-state index in [1.54, 1.807) is 0 Å². The molecule has 0 saturated carbocycles. The minimum Gasteiger partial charge on any atom is -0.326 e. The Hall–Kier alpha value is -1.31. The van der Waals surface area contributed by atoms with Crippen molar-refractivity contribution >= 4 is 11.6 Å². The Morgan fingerprint density at radius 2 is 2.00 bits per heavy atom. The molecule has 2 nitrogen and oxygen atoms in total. The van der Waals surface area contributed by atoms with Crippen LogP contribution in [0.1, 0.15) is 51.7 Å². The molecule has 0 unspecified atom stereocenters. The van der Waals surface area contributed by atoms with Gasteiger partial charge in [-0.2, -0.15) is 0 Å². The van der Waals surface area contributed by atoms with E-state index in [1.807, 2.05) is 12.1 Å². The summed E-state index contributed by atoms with van der Waals surface area (Å²) in [6.07, 6.45) is 3.77. The lowest BCUT2D eigenvalue weighted by atomic mass is 9.99. The topological polar surface area (TPSA) is 29.1 Å². The van der Waals surface area contributed by atoms with Crippen LogP contribution in [0.3, 0.4) is 0 Å². The quantitative estimate of drug-likeness (QED) is 0.802. The van der Waals surface area contributed by atoms with Gasteiger partial charge in [0.15, 0.2) is 0 Å². The SMILES string of the molecule is CCCc1cccc(NC(=O)CC(C)C)c1CC. The van der Waals surface area contributed by atoms with Gasteiger partial charge in [-0.1, -0.05) is 46.2 Å². The lowest BCUT2D eigenvalue weighted by Gasteiger charge is -2.14. The standard InChI is InChI=1S/C16H25NO/c1-5-8-13-9-7-10-15(14(13)6-2)17-16(18)11-12(3)4/h7,9-10,12H,5-6,8,11H2,1-4H3,(H,17,18). The summed E-state index contributed by atoms with van der Waals surface area (Å²) in [4.78, 5) is 11.8. The zero-order chi connectivity index (χ0) is 13.5. The lowest BCUT2D eigenvalue weighted by molar-refractivity contribution is -0.116. The third-order valence-electron chi connectivity index (χ3n) is 3.01. The minimum absolute atomic E-state index is 0.119. The van der Waals surface area contributed by atoms with E-state index in [-0.39, 0.29) is 5.91 Å². The summed E-state index contributed by atoms with van der Waals surface area (Å²) in [5.41, 5.74) is 3.65. The van der Waals surface area contributed by atoms with Crippen molar-refractivity contribution in [2.75, 3.05) is 5.32 Å². The monoisotopic (exact) mass is 247 g/mol. The minimum atomic E-state index is 0.119. The van der Waals surface area contributed by atoms with Crippen molar-refractivity contribution < 1.29 is 4.79 Å². The predicted molar refractivity (Wildman–Crippen MR) is 77.9 cm³/mol. The average molecular weight is 247 g/mol. The smallest absolute Gasteiger partial charge is 0.224 e.